The minimum Gasteiger partial charge on any atom is -0.308 e. The molecule has 0 saturated heterocycles. The van der Waals surface area contributed by atoms with Crippen molar-refractivity contribution in [2.45, 2.75) is 13.8 Å². The predicted octanol–water partition coefficient (Wildman–Crippen LogP) is 2.69. The van der Waals surface area contributed by atoms with Crippen LogP contribution in [0.4, 0.5) is 0 Å². The lowest BCUT2D eigenvalue weighted by atomic mass is 10.2. The molecule has 2 nitrogen and oxygen atoms in total. The lowest BCUT2D eigenvalue weighted by Crippen LogP contribution is -2.31. The summed E-state index contributed by atoms with van der Waals surface area (Å²) < 4.78 is 2.07. The summed E-state index contributed by atoms with van der Waals surface area (Å²) in [5.74, 6) is 1.02. The van der Waals surface area contributed by atoms with E-state index in [9.17, 15) is 0 Å². The van der Waals surface area contributed by atoms with Crippen LogP contribution in [-0.4, -0.2) is 0 Å². The summed E-state index contributed by atoms with van der Waals surface area (Å²) in [4.78, 5) is 4.68. The molecule has 84 valence electrons. The SMILES string of the molecule is Cc1cc[n+](-c2[n-]c3ccccc3c2C)cc1. The molecular formula is C15H14N2. The number of aromatic nitrogens is 2. The molecule has 0 amide bonds. The first-order valence-corrected chi connectivity index (χ1v) is 5.76. The van der Waals surface area contributed by atoms with Crippen LogP contribution >= 0.6 is 0 Å². The Labute approximate surface area is 101 Å². The third kappa shape index (κ3) is 1.62. The molecular weight excluding hydrogens is 208 g/mol. The number of pyridine rings is 1. The lowest BCUT2D eigenvalue weighted by Gasteiger charge is -2.04. The molecule has 2 heteroatoms. The summed E-state index contributed by atoms with van der Waals surface area (Å²) in [5, 5.41) is 1.23. The van der Waals surface area contributed by atoms with E-state index in [1.165, 1.54) is 16.5 Å². The molecule has 17 heavy (non-hydrogen) atoms. The Morgan fingerprint density at radius 3 is 2.35 bits per heavy atom. The van der Waals surface area contributed by atoms with E-state index in [0.29, 0.717) is 0 Å². The van der Waals surface area contributed by atoms with Crippen molar-refractivity contribution in [3.05, 3.63) is 59.9 Å². The second-order valence-corrected chi connectivity index (χ2v) is 4.36. The smallest absolute Gasteiger partial charge is 0.140 e. The fourth-order valence-corrected chi connectivity index (χ4v) is 2.10. The van der Waals surface area contributed by atoms with Crippen LogP contribution in [0.5, 0.6) is 0 Å². The van der Waals surface area contributed by atoms with Crippen LogP contribution < -0.4 is 9.55 Å². The third-order valence-corrected chi connectivity index (χ3v) is 3.11. The van der Waals surface area contributed by atoms with Gasteiger partial charge in [-0.25, -0.2) is 4.98 Å². The quantitative estimate of drug-likeness (QED) is 0.579. The molecule has 3 rings (SSSR count). The molecule has 0 radical (unpaired) electrons. The van der Waals surface area contributed by atoms with Crippen LogP contribution in [0.25, 0.3) is 16.7 Å². The largest absolute Gasteiger partial charge is 0.308 e. The number of fused-ring (bicyclic) bond motifs is 1. The maximum atomic E-state index is 4.68. The van der Waals surface area contributed by atoms with Gasteiger partial charge < -0.3 is 4.57 Å². The van der Waals surface area contributed by atoms with Crippen molar-refractivity contribution in [3.8, 4) is 5.82 Å². The summed E-state index contributed by atoms with van der Waals surface area (Å²) >= 11 is 0. The Hall–Kier alpha value is -2.09. The van der Waals surface area contributed by atoms with Gasteiger partial charge in [-0.15, -0.1) is 0 Å². The fourth-order valence-electron chi connectivity index (χ4n) is 2.10. The molecule has 3 aromatic rings. The van der Waals surface area contributed by atoms with Gasteiger partial charge in [0.05, 0.1) is 5.52 Å². The summed E-state index contributed by atoms with van der Waals surface area (Å²) in [5.41, 5.74) is 3.55. The molecule has 0 fully saturated rings. The van der Waals surface area contributed by atoms with Crippen LogP contribution in [-0.2, 0) is 0 Å². The fraction of sp³-hybridized carbons (Fsp3) is 0.133. The molecule has 0 unspecified atom stereocenters. The van der Waals surface area contributed by atoms with Gasteiger partial charge in [-0.05, 0) is 37.6 Å². The molecule has 0 atom stereocenters. The standard InChI is InChI=1S/C15H14N2/c1-11-7-9-17(10-8-11)15-12(2)13-5-3-4-6-14(13)16-15/h3-10H,1-2H3. The van der Waals surface area contributed by atoms with Crippen LogP contribution in [0.15, 0.2) is 48.8 Å². The Balaban J connectivity index is 2.24. The van der Waals surface area contributed by atoms with E-state index in [4.69, 9.17) is 0 Å². The minimum absolute atomic E-state index is 1.02. The second kappa shape index (κ2) is 3.74. The van der Waals surface area contributed by atoms with Crippen molar-refractivity contribution in [1.82, 2.24) is 4.98 Å². The summed E-state index contributed by atoms with van der Waals surface area (Å²) in [6, 6.07) is 12.5. The number of para-hydroxylation sites is 1. The van der Waals surface area contributed by atoms with Crippen molar-refractivity contribution in [1.29, 1.82) is 0 Å². The Morgan fingerprint density at radius 2 is 1.65 bits per heavy atom. The van der Waals surface area contributed by atoms with Crippen LogP contribution in [0.3, 0.4) is 0 Å². The maximum Gasteiger partial charge on any atom is 0.140 e. The Bertz CT molecular complexity index is 663. The molecule has 0 aliphatic rings. The first-order chi connectivity index (χ1) is 8.25. The monoisotopic (exact) mass is 222 g/mol. The minimum atomic E-state index is 1.02. The van der Waals surface area contributed by atoms with Crippen molar-refractivity contribution < 1.29 is 4.57 Å². The van der Waals surface area contributed by atoms with E-state index < -0.39 is 0 Å². The predicted molar refractivity (Wildman–Crippen MR) is 68.3 cm³/mol. The van der Waals surface area contributed by atoms with Gasteiger partial charge in [-0.1, -0.05) is 18.2 Å². The molecule has 0 N–H and O–H groups in total. The van der Waals surface area contributed by atoms with E-state index in [1.54, 1.807) is 0 Å². The van der Waals surface area contributed by atoms with Crippen LogP contribution in [0, 0.1) is 13.8 Å². The highest BCUT2D eigenvalue weighted by Crippen LogP contribution is 2.20. The van der Waals surface area contributed by atoms with Crippen molar-refractivity contribution in [3.63, 3.8) is 0 Å². The zero-order valence-electron chi connectivity index (χ0n) is 10.0. The van der Waals surface area contributed by atoms with Crippen LogP contribution in [0.2, 0.25) is 0 Å². The van der Waals surface area contributed by atoms with E-state index in [1.807, 2.05) is 6.07 Å². The average Bonchev–Trinajstić information content (AvgIpc) is 2.69. The van der Waals surface area contributed by atoms with E-state index in [0.717, 1.165) is 11.3 Å². The molecule has 1 aromatic carbocycles. The zero-order chi connectivity index (χ0) is 11.8. The van der Waals surface area contributed by atoms with Gasteiger partial charge in [0, 0.05) is 23.3 Å². The van der Waals surface area contributed by atoms with Crippen molar-refractivity contribution in [2.24, 2.45) is 0 Å². The highest BCUT2D eigenvalue weighted by atomic mass is 15.0. The topological polar surface area (TPSA) is 18.0 Å². The summed E-state index contributed by atoms with van der Waals surface area (Å²) in [6.45, 7) is 4.21. The molecule has 0 aliphatic heterocycles. The number of aryl methyl sites for hydroxylation is 2. The van der Waals surface area contributed by atoms with Crippen LogP contribution in [0.1, 0.15) is 11.1 Å². The third-order valence-electron chi connectivity index (χ3n) is 3.11. The van der Waals surface area contributed by atoms with Gasteiger partial charge in [-0.3, -0.25) is 0 Å². The van der Waals surface area contributed by atoms with Gasteiger partial charge in [0.2, 0.25) is 0 Å². The van der Waals surface area contributed by atoms with Crippen molar-refractivity contribution >= 4 is 10.9 Å². The van der Waals surface area contributed by atoms with E-state index >= 15 is 0 Å². The lowest BCUT2D eigenvalue weighted by molar-refractivity contribution is -0.600. The summed E-state index contributed by atoms with van der Waals surface area (Å²) in [7, 11) is 0. The van der Waals surface area contributed by atoms with Gasteiger partial charge in [-0.2, -0.15) is 0 Å². The van der Waals surface area contributed by atoms with Gasteiger partial charge in [0.25, 0.3) is 0 Å². The molecule has 2 heterocycles. The van der Waals surface area contributed by atoms with Gasteiger partial charge >= 0.3 is 0 Å². The number of nitrogens with zero attached hydrogens (tertiary/aromatic N) is 2. The first-order valence-electron chi connectivity index (χ1n) is 5.76. The average molecular weight is 222 g/mol. The highest BCUT2D eigenvalue weighted by molar-refractivity contribution is 5.85. The number of rotatable bonds is 1. The molecule has 2 aromatic heterocycles. The molecule has 0 aliphatic carbocycles. The molecule has 0 saturated carbocycles. The second-order valence-electron chi connectivity index (χ2n) is 4.36. The number of benzene rings is 1. The first kappa shape index (κ1) is 10.1. The Morgan fingerprint density at radius 1 is 0.941 bits per heavy atom. The molecule has 0 bridgehead atoms. The number of hydrogen-bond acceptors (Lipinski definition) is 0. The van der Waals surface area contributed by atoms with E-state index in [-0.39, 0.29) is 0 Å². The highest BCUT2D eigenvalue weighted by Gasteiger charge is 2.08. The van der Waals surface area contributed by atoms with Gasteiger partial charge in [0.1, 0.15) is 5.82 Å². The van der Waals surface area contributed by atoms with E-state index in [2.05, 4.69) is 66.1 Å². The normalized spacial score (nSPS) is 10.9. The molecule has 0 spiro atoms. The summed E-state index contributed by atoms with van der Waals surface area (Å²) in [6.07, 6.45) is 4.12. The maximum absolute atomic E-state index is 4.68. The van der Waals surface area contributed by atoms with Gasteiger partial charge in [0.15, 0.2) is 0 Å². The zero-order valence-corrected chi connectivity index (χ0v) is 10.0. The number of hydrogen-bond donors (Lipinski definition) is 0. The van der Waals surface area contributed by atoms with Crippen molar-refractivity contribution in [2.75, 3.05) is 0 Å². The Kier molecular flexibility index (Phi) is 2.22.